The number of nitrogens with one attached hydrogen (secondary N) is 1. The van der Waals surface area contributed by atoms with E-state index >= 15 is 0 Å². The summed E-state index contributed by atoms with van der Waals surface area (Å²) in [5.74, 6) is -0.550. The Bertz CT molecular complexity index is 421. The van der Waals surface area contributed by atoms with Crippen molar-refractivity contribution >= 4 is 38.9 Å². The molecule has 1 N–H and O–H groups in total. The summed E-state index contributed by atoms with van der Waals surface area (Å²) in [6.45, 7) is 0. The smallest absolute Gasteiger partial charge is 0.264 e. The Labute approximate surface area is 90.9 Å². The van der Waals surface area contributed by atoms with E-state index in [-0.39, 0.29) is 5.69 Å². The molecule has 0 unspecified atom stereocenters. The van der Waals surface area contributed by atoms with E-state index in [1.165, 1.54) is 18.2 Å². The SMILES string of the molecule is O=S(=O)(Nc1cccc(F)c1)C(Cl)Cl. The first-order chi connectivity index (χ1) is 6.42. The number of rotatable bonds is 3. The first-order valence-corrected chi connectivity index (χ1v) is 5.89. The van der Waals surface area contributed by atoms with Crippen molar-refractivity contribution in [1.29, 1.82) is 0 Å². The molecule has 78 valence electrons. The van der Waals surface area contributed by atoms with E-state index in [0.29, 0.717) is 0 Å². The van der Waals surface area contributed by atoms with E-state index in [0.717, 1.165) is 6.07 Å². The molecule has 3 nitrogen and oxygen atoms in total. The van der Waals surface area contributed by atoms with Crippen molar-refractivity contribution in [2.45, 2.75) is 4.17 Å². The topological polar surface area (TPSA) is 46.2 Å². The number of hydrogen-bond acceptors (Lipinski definition) is 2. The fraction of sp³-hybridized carbons (Fsp3) is 0.143. The quantitative estimate of drug-likeness (QED) is 0.846. The Balaban J connectivity index is 2.90. The Kier molecular flexibility index (Phi) is 3.58. The molecule has 0 amide bonds. The molecule has 0 aliphatic carbocycles. The van der Waals surface area contributed by atoms with Crippen LogP contribution in [0.25, 0.3) is 0 Å². The van der Waals surface area contributed by atoms with Crippen LogP contribution in [0.4, 0.5) is 10.1 Å². The van der Waals surface area contributed by atoms with Gasteiger partial charge in [0.1, 0.15) is 5.82 Å². The second-order valence-corrected chi connectivity index (χ2v) is 5.80. The van der Waals surface area contributed by atoms with Gasteiger partial charge in [-0.15, -0.1) is 0 Å². The molecule has 7 heteroatoms. The largest absolute Gasteiger partial charge is 0.281 e. The fourth-order valence-corrected chi connectivity index (χ4v) is 1.57. The van der Waals surface area contributed by atoms with Gasteiger partial charge in [0, 0.05) is 0 Å². The van der Waals surface area contributed by atoms with E-state index in [2.05, 4.69) is 0 Å². The van der Waals surface area contributed by atoms with Crippen molar-refractivity contribution in [3.63, 3.8) is 0 Å². The fourth-order valence-electron chi connectivity index (χ4n) is 0.761. The second-order valence-electron chi connectivity index (χ2n) is 2.42. The molecule has 0 atom stereocenters. The van der Waals surface area contributed by atoms with Crippen molar-refractivity contribution in [2.24, 2.45) is 0 Å². The standard InChI is InChI=1S/C7H6Cl2FNO2S/c8-7(9)14(12,13)11-6-3-1-2-5(10)4-6/h1-4,7,11H. The van der Waals surface area contributed by atoms with Gasteiger partial charge in [0.2, 0.25) is 4.17 Å². The summed E-state index contributed by atoms with van der Waals surface area (Å²) in [6, 6.07) is 4.96. The molecule has 0 aliphatic heterocycles. The molecule has 0 fully saturated rings. The van der Waals surface area contributed by atoms with Gasteiger partial charge < -0.3 is 0 Å². The number of sulfonamides is 1. The van der Waals surface area contributed by atoms with Gasteiger partial charge in [-0.25, -0.2) is 12.8 Å². The van der Waals surface area contributed by atoms with Crippen molar-refractivity contribution in [3.05, 3.63) is 30.1 Å². The van der Waals surface area contributed by atoms with Gasteiger partial charge in [-0.3, -0.25) is 4.72 Å². The normalized spacial score (nSPS) is 11.7. The number of alkyl halides is 2. The molecule has 14 heavy (non-hydrogen) atoms. The predicted molar refractivity (Wildman–Crippen MR) is 54.4 cm³/mol. The first kappa shape index (κ1) is 11.6. The van der Waals surface area contributed by atoms with Crippen molar-refractivity contribution in [3.8, 4) is 0 Å². The van der Waals surface area contributed by atoms with Crippen LogP contribution in [0, 0.1) is 5.82 Å². The molecule has 0 bridgehead atoms. The summed E-state index contributed by atoms with van der Waals surface area (Å²) >= 11 is 10.4. The predicted octanol–water partition coefficient (Wildman–Crippen LogP) is 2.33. The van der Waals surface area contributed by atoms with Crippen LogP contribution in [0.5, 0.6) is 0 Å². The van der Waals surface area contributed by atoms with Crippen molar-refractivity contribution in [2.75, 3.05) is 4.72 Å². The van der Waals surface area contributed by atoms with Crippen molar-refractivity contribution < 1.29 is 12.8 Å². The average molecular weight is 258 g/mol. The monoisotopic (exact) mass is 257 g/mol. The van der Waals surface area contributed by atoms with E-state index in [1.54, 1.807) is 0 Å². The lowest BCUT2D eigenvalue weighted by molar-refractivity contribution is 0.603. The van der Waals surface area contributed by atoms with Gasteiger partial charge in [0.15, 0.2) is 0 Å². The van der Waals surface area contributed by atoms with Gasteiger partial charge in [0.25, 0.3) is 10.0 Å². The number of hydrogen-bond donors (Lipinski definition) is 1. The highest BCUT2D eigenvalue weighted by Crippen LogP contribution is 2.17. The third-order valence-electron chi connectivity index (χ3n) is 1.32. The number of benzene rings is 1. The van der Waals surface area contributed by atoms with Crippen LogP contribution in [0.2, 0.25) is 0 Å². The molecule has 0 aromatic heterocycles. The Morgan fingerprint density at radius 1 is 1.36 bits per heavy atom. The minimum atomic E-state index is -3.85. The lowest BCUT2D eigenvalue weighted by Gasteiger charge is -2.07. The van der Waals surface area contributed by atoms with E-state index in [9.17, 15) is 12.8 Å². The highest BCUT2D eigenvalue weighted by atomic mass is 35.5. The summed E-state index contributed by atoms with van der Waals surface area (Å²) in [5, 5.41) is 0. The van der Waals surface area contributed by atoms with Crippen molar-refractivity contribution in [1.82, 2.24) is 0 Å². The zero-order chi connectivity index (χ0) is 10.8. The van der Waals surface area contributed by atoms with Crippen LogP contribution in [0.1, 0.15) is 0 Å². The molecule has 0 spiro atoms. The third kappa shape index (κ3) is 3.01. The van der Waals surface area contributed by atoms with E-state index in [1.807, 2.05) is 4.72 Å². The maximum atomic E-state index is 12.6. The number of halogens is 3. The Hall–Kier alpha value is -0.520. The van der Waals surface area contributed by atoms with Gasteiger partial charge >= 0.3 is 0 Å². The van der Waals surface area contributed by atoms with Gasteiger partial charge in [-0.2, -0.15) is 0 Å². The van der Waals surface area contributed by atoms with Crippen LogP contribution in [-0.2, 0) is 10.0 Å². The summed E-state index contributed by atoms with van der Waals surface area (Å²) in [7, 11) is -3.85. The lowest BCUT2D eigenvalue weighted by atomic mass is 10.3. The molecular weight excluding hydrogens is 252 g/mol. The third-order valence-corrected chi connectivity index (χ3v) is 3.72. The highest BCUT2D eigenvalue weighted by Gasteiger charge is 2.19. The van der Waals surface area contributed by atoms with Gasteiger partial charge in [-0.1, -0.05) is 29.3 Å². The lowest BCUT2D eigenvalue weighted by Crippen LogP contribution is -2.19. The van der Waals surface area contributed by atoms with Crippen LogP contribution in [-0.4, -0.2) is 12.6 Å². The minimum Gasteiger partial charge on any atom is -0.281 e. The second kappa shape index (κ2) is 4.33. The van der Waals surface area contributed by atoms with Crippen LogP contribution >= 0.6 is 23.2 Å². The highest BCUT2D eigenvalue weighted by molar-refractivity contribution is 7.95. The molecule has 0 saturated carbocycles. The van der Waals surface area contributed by atoms with Crippen LogP contribution in [0.3, 0.4) is 0 Å². The summed E-state index contributed by atoms with van der Waals surface area (Å²) < 4.78 is 35.3. The maximum Gasteiger partial charge on any atom is 0.264 e. The van der Waals surface area contributed by atoms with Gasteiger partial charge in [-0.05, 0) is 18.2 Å². The number of anilines is 1. The summed E-state index contributed by atoms with van der Waals surface area (Å²) in [4.78, 5) is 0. The molecule has 1 aromatic rings. The Morgan fingerprint density at radius 3 is 2.50 bits per heavy atom. The first-order valence-electron chi connectivity index (χ1n) is 3.47. The molecule has 0 radical (unpaired) electrons. The van der Waals surface area contributed by atoms with E-state index < -0.39 is 20.0 Å². The zero-order valence-electron chi connectivity index (χ0n) is 6.75. The molecule has 0 heterocycles. The van der Waals surface area contributed by atoms with Crippen LogP contribution in [0.15, 0.2) is 24.3 Å². The molecule has 1 aromatic carbocycles. The summed E-state index contributed by atoms with van der Waals surface area (Å²) in [6.07, 6.45) is 0. The van der Waals surface area contributed by atoms with Crippen LogP contribution < -0.4 is 4.72 Å². The zero-order valence-corrected chi connectivity index (χ0v) is 9.07. The molecular formula is C7H6Cl2FNO2S. The summed E-state index contributed by atoms with van der Waals surface area (Å²) in [5.41, 5.74) is 0.0799. The average Bonchev–Trinajstić information content (AvgIpc) is 2.02. The van der Waals surface area contributed by atoms with E-state index in [4.69, 9.17) is 23.2 Å². The minimum absolute atomic E-state index is 0.0799. The molecule has 1 rings (SSSR count). The maximum absolute atomic E-state index is 12.6. The Morgan fingerprint density at radius 2 is 2.00 bits per heavy atom. The molecule has 0 aliphatic rings. The molecule has 0 saturated heterocycles. The van der Waals surface area contributed by atoms with Gasteiger partial charge in [0.05, 0.1) is 5.69 Å².